The Morgan fingerprint density at radius 3 is 3.08 bits per heavy atom. The number of aliphatic hydroxyl groups excluding tert-OH is 1. The van der Waals surface area contributed by atoms with Crippen molar-refractivity contribution in [3.05, 3.63) is 18.5 Å². The summed E-state index contributed by atoms with van der Waals surface area (Å²) in [6, 6.07) is 0. The van der Waals surface area contributed by atoms with Crippen LogP contribution >= 0.6 is 0 Å². The Morgan fingerprint density at radius 2 is 2.46 bits per heavy atom. The topological polar surface area (TPSA) is 60.2 Å². The molecule has 5 heteroatoms. The molecule has 0 unspecified atom stereocenters. The molecule has 1 aromatic heterocycles. The Bertz CT molecular complexity index is 260. The molecular formula is C8H13N3O2. The minimum Gasteiger partial charge on any atom is -0.394 e. The molecule has 0 aliphatic heterocycles. The molecule has 5 nitrogen and oxygen atoms in total. The van der Waals surface area contributed by atoms with E-state index in [1.807, 2.05) is 0 Å². The van der Waals surface area contributed by atoms with Crippen LogP contribution in [0.15, 0.2) is 12.8 Å². The lowest BCUT2D eigenvalue weighted by Crippen LogP contribution is -2.08. The van der Waals surface area contributed by atoms with Crippen molar-refractivity contribution in [1.82, 2.24) is 15.0 Å². The summed E-state index contributed by atoms with van der Waals surface area (Å²) in [6.45, 7) is 5.16. The van der Waals surface area contributed by atoms with E-state index in [4.69, 9.17) is 9.84 Å². The maximum Gasteiger partial charge on any atom is 0.105 e. The van der Waals surface area contributed by atoms with Crippen LogP contribution in [0.1, 0.15) is 5.69 Å². The molecule has 0 bridgehead atoms. The number of hydrogen-bond acceptors (Lipinski definition) is 4. The van der Waals surface area contributed by atoms with Gasteiger partial charge in [-0.1, -0.05) is 11.8 Å². The molecule has 0 aromatic carbocycles. The monoisotopic (exact) mass is 183 g/mol. The smallest absolute Gasteiger partial charge is 0.105 e. The van der Waals surface area contributed by atoms with Crippen LogP contribution in [0.3, 0.4) is 0 Å². The average Bonchev–Trinajstić information content (AvgIpc) is 2.60. The average molecular weight is 183 g/mol. The van der Waals surface area contributed by atoms with E-state index >= 15 is 0 Å². The summed E-state index contributed by atoms with van der Waals surface area (Å²) in [4.78, 5) is 0. The second-order valence-corrected chi connectivity index (χ2v) is 2.45. The Kier molecular flexibility index (Phi) is 4.14. The highest BCUT2D eigenvalue weighted by Crippen LogP contribution is 1.93. The van der Waals surface area contributed by atoms with Crippen LogP contribution < -0.4 is 0 Å². The maximum atomic E-state index is 8.43. The molecule has 0 aliphatic rings. The van der Waals surface area contributed by atoms with E-state index in [0.717, 1.165) is 5.69 Å². The molecule has 13 heavy (non-hydrogen) atoms. The van der Waals surface area contributed by atoms with Crippen molar-refractivity contribution in [2.75, 3.05) is 19.8 Å². The first kappa shape index (κ1) is 9.88. The van der Waals surface area contributed by atoms with Gasteiger partial charge in [0.25, 0.3) is 0 Å². The number of aromatic nitrogens is 3. The summed E-state index contributed by atoms with van der Waals surface area (Å²) in [5, 5.41) is 16.1. The summed E-state index contributed by atoms with van der Waals surface area (Å²) < 4.78 is 6.74. The van der Waals surface area contributed by atoms with Crippen LogP contribution in [0.5, 0.6) is 0 Å². The second-order valence-electron chi connectivity index (χ2n) is 2.45. The van der Waals surface area contributed by atoms with Gasteiger partial charge in [-0.2, -0.15) is 0 Å². The largest absolute Gasteiger partial charge is 0.394 e. The summed E-state index contributed by atoms with van der Waals surface area (Å²) in [5.41, 5.74) is 0.752. The molecule has 0 aliphatic carbocycles. The second kappa shape index (κ2) is 5.45. The van der Waals surface area contributed by atoms with Gasteiger partial charge >= 0.3 is 0 Å². The highest BCUT2D eigenvalue weighted by Gasteiger charge is 1.95. The normalized spacial score (nSPS) is 10.2. The third-order valence-corrected chi connectivity index (χ3v) is 1.47. The van der Waals surface area contributed by atoms with Gasteiger partial charge in [0.05, 0.1) is 32.6 Å². The van der Waals surface area contributed by atoms with E-state index in [0.29, 0.717) is 19.8 Å². The van der Waals surface area contributed by atoms with Crippen LogP contribution in [-0.2, 0) is 11.3 Å². The summed E-state index contributed by atoms with van der Waals surface area (Å²) >= 11 is 0. The van der Waals surface area contributed by atoms with Gasteiger partial charge in [-0.25, -0.2) is 4.68 Å². The zero-order valence-electron chi connectivity index (χ0n) is 7.39. The zero-order chi connectivity index (χ0) is 9.52. The van der Waals surface area contributed by atoms with Gasteiger partial charge in [-0.15, -0.1) is 5.10 Å². The van der Waals surface area contributed by atoms with Crippen molar-refractivity contribution in [2.45, 2.75) is 6.54 Å². The minimum absolute atomic E-state index is 0.0509. The Morgan fingerprint density at radius 1 is 1.62 bits per heavy atom. The fourth-order valence-corrected chi connectivity index (χ4v) is 0.841. The molecule has 0 spiro atoms. The molecule has 1 heterocycles. The quantitative estimate of drug-likeness (QED) is 0.627. The molecule has 0 amide bonds. The van der Waals surface area contributed by atoms with Crippen molar-refractivity contribution >= 4 is 6.08 Å². The summed E-state index contributed by atoms with van der Waals surface area (Å²) in [7, 11) is 0. The molecule has 0 saturated carbocycles. The van der Waals surface area contributed by atoms with Gasteiger partial charge in [0.2, 0.25) is 0 Å². The fourth-order valence-electron chi connectivity index (χ4n) is 0.841. The van der Waals surface area contributed by atoms with E-state index in [-0.39, 0.29) is 6.61 Å². The molecule has 72 valence electrons. The number of nitrogens with zero attached hydrogens (tertiary/aromatic N) is 3. The molecule has 0 atom stereocenters. The summed E-state index contributed by atoms with van der Waals surface area (Å²) in [6.07, 6.45) is 3.42. The van der Waals surface area contributed by atoms with Gasteiger partial charge in [0, 0.05) is 0 Å². The van der Waals surface area contributed by atoms with Gasteiger partial charge in [-0.3, -0.25) is 0 Å². The fraction of sp³-hybridized carbons (Fsp3) is 0.500. The SMILES string of the molecule is C=Cc1cn(CCOCCO)nn1. The lowest BCUT2D eigenvalue weighted by atomic mass is 10.5. The zero-order valence-corrected chi connectivity index (χ0v) is 7.39. The molecule has 1 N–H and O–H groups in total. The molecule has 0 radical (unpaired) electrons. The van der Waals surface area contributed by atoms with Gasteiger partial charge in [0.15, 0.2) is 0 Å². The van der Waals surface area contributed by atoms with E-state index in [2.05, 4.69) is 16.9 Å². The predicted octanol–water partition coefficient (Wildman–Crippen LogP) is -0.0700. The maximum absolute atomic E-state index is 8.43. The van der Waals surface area contributed by atoms with E-state index in [1.54, 1.807) is 17.0 Å². The third-order valence-electron chi connectivity index (χ3n) is 1.47. The predicted molar refractivity (Wildman–Crippen MR) is 48.0 cm³/mol. The lowest BCUT2D eigenvalue weighted by Gasteiger charge is -2.00. The van der Waals surface area contributed by atoms with E-state index in [1.165, 1.54) is 0 Å². The van der Waals surface area contributed by atoms with Crippen LogP contribution in [0, 0.1) is 0 Å². The Balaban J connectivity index is 2.24. The molecular weight excluding hydrogens is 170 g/mol. The van der Waals surface area contributed by atoms with Gasteiger partial charge in [-0.05, 0) is 6.08 Å². The Labute approximate surface area is 76.6 Å². The third kappa shape index (κ3) is 3.35. The van der Waals surface area contributed by atoms with Crippen LogP contribution in [0.2, 0.25) is 0 Å². The van der Waals surface area contributed by atoms with Crippen molar-refractivity contribution in [1.29, 1.82) is 0 Å². The minimum atomic E-state index is 0.0509. The number of rotatable bonds is 6. The van der Waals surface area contributed by atoms with Crippen molar-refractivity contribution in [3.63, 3.8) is 0 Å². The van der Waals surface area contributed by atoms with Crippen LogP contribution in [0.25, 0.3) is 6.08 Å². The van der Waals surface area contributed by atoms with Crippen LogP contribution in [-0.4, -0.2) is 39.9 Å². The molecule has 1 rings (SSSR count). The standard InChI is InChI=1S/C8H13N3O2/c1-2-8-7-11(10-9-8)3-5-13-6-4-12/h2,7,12H,1,3-6H2. The first-order chi connectivity index (χ1) is 6.36. The highest BCUT2D eigenvalue weighted by molar-refractivity contribution is 5.38. The first-order valence-electron chi connectivity index (χ1n) is 4.08. The number of aliphatic hydroxyl groups is 1. The van der Waals surface area contributed by atoms with Crippen molar-refractivity contribution < 1.29 is 9.84 Å². The molecule has 1 aromatic rings. The summed E-state index contributed by atoms with van der Waals surface area (Å²) in [5.74, 6) is 0. The molecule has 0 fully saturated rings. The van der Waals surface area contributed by atoms with Gasteiger partial charge in [0.1, 0.15) is 5.69 Å². The Hall–Kier alpha value is -1.20. The van der Waals surface area contributed by atoms with E-state index < -0.39 is 0 Å². The van der Waals surface area contributed by atoms with Gasteiger partial charge < -0.3 is 9.84 Å². The number of hydrogen-bond donors (Lipinski definition) is 1. The van der Waals surface area contributed by atoms with E-state index in [9.17, 15) is 0 Å². The van der Waals surface area contributed by atoms with Crippen molar-refractivity contribution in [2.24, 2.45) is 0 Å². The molecule has 0 saturated heterocycles. The number of ether oxygens (including phenoxy) is 1. The lowest BCUT2D eigenvalue weighted by molar-refractivity contribution is 0.0851. The first-order valence-corrected chi connectivity index (χ1v) is 4.08. The van der Waals surface area contributed by atoms with Crippen LogP contribution in [0.4, 0.5) is 0 Å². The highest BCUT2D eigenvalue weighted by atomic mass is 16.5. The van der Waals surface area contributed by atoms with Crippen molar-refractivity contribution in [3.8, 4) is 0 Å².